The minimum Gasteiger partial charge on any atom is -0.372 e. The second-order valence-corrected chi connectivity index (χ2v) is 6.90. The van der Waals surface area contributed by atoms with Gasteiger partial charge in [-0.25, -0.2) is 4.98 Å². The molecule has 0 aliphatic carbocycles. The Morgan fingerprint density at radius 3 is 2.74 bits per heavy atom. The lowest BCUT2D eigenvalue weighted by atomic mass is 10.2. The molecule has 6 heteroatoms. The molecule has 0 spiro atoms. The fourth-order valence-corrected chi connectivity index (χ4v) is 3.49. The average Bonchev–Trinajstić information content (AvgIpc) is 2.99. The summed E-state index contributed by atoms with van der Waals surface area (Å²) in [6, 6.07) is 7.77. The normalized spacial score (nSPS) is 21.2. The third-order valence-corrected chi connectivity index (χ3v) is 4.57. The van der Waals surface area contributed by atoms with Gasteiger partial charge in [0, 0.05) is 18.0 Å². The molecule has 0 bridgehead atoms. The number of hydrogen-bond acceptors (Lipinski definition) is 5. The summed E-state index contributed by atoms with van der Waals surface area (Å²) in [6.45, 7) is 5.81. The van der Waals surface area contributed by atoms with E-state index < -0.39 is 0 Å². The van der Waals surface area contributed by atoms with Gasteiger partial charge in [0.05, 0.1) is 30.5 Å². The van der Waals surface area contributed by atoms with Crippen molar-refractivity contribution < 1.29 is 9.53 Å². The van der Waals surface area contributed by atoms with Crippen LogP contribution in [0.15, 0.2) is 35.8 Å². The van der Waals surface area contributed by atoms with Crippen LogP contribution in [0.4, 0.5) is 11.5 Å². The van der Waals surface area contributed by atoms with Crippen LogP contribution < -0.4 is 10.2 Å². The van der Waals surface area contributed by atoms with Gasteiger partial charge in [-0.1, -0.05) is 6.07 Å². The van der Waals surface area contributed by atoms with E-state index in [-0.39, 0.29) is 18.1 Å². The second kappa shape index (κ2) is 7.10. The Bertz CT molecular complexity index is 632. The summed E-state index contributed by atoms with van der Waals surface area (Å²) in [4.78, 5) is 19.7. The van der Waals surface area contributed by atoms with E-state index in [1.807, 2.05) is 29.6 Å². The lowest BCUT2D eigenvalue weighted by Crippen LogP contribution is -2.45. The third kappa shape index (κ3) is 4.30. The molecule has 2 aromatic heterocycles. The first kappa shape index (κ1) is 16.0. The first-order valence-electron chi connectivity index (χ1n) is 7.79. The number of morpholine rings is 1. The molecule has 122 valence electrons. The van der Waals surface area contributed by atoms with E-state index >= 15 is 0 Å². The number of nitrogens with one attached hydrogen (secondary N) is 1. The number of rotatable bonds is 4. The molecule has 0 saturated carbocycles. The summed E-state index contributed by atoms with van der Waals surface area (Å²) in [5.41, 5.74) is 0.727. The molecule has 5 nitrogen and oxygen atoms in total. The molecule has 2 atom stereocenters. The summed E-state index contributed by atoms with van der Waals surface area (Å²) in [7, 11) is 0. The number of carbonyl (C=O) groups is 1. The zero-order chi connectivity index (χ0) is 16.2. The van der Waals surface area contributed by atoms with Gasteiger partial charge in [-0.15, -0.1) is 11.3 Å². The maximum absolute atomic E-state index is 12.0. The van der Waals surface area contributed by atoms with Crippen LogP contribution in [0, 0.1) is 0 Å². The van der Waals surface area contributed by atoms with Gasteiger partial charge in [0.2, 0.25) is 5.91 Å². The summed E-state index contributed by atoms with van der Waals surface area (Å²) >= 11 is 1.59. The van der Waals surface area contributed by atoms with Crippen molar-refractivity contribution in [3.8, 4) is 0 Å². The molecule has 1 saturated heterocycles. The van der Waals surface area contributed by atoms with Gasteiger partial charge in [-0.2, -0.15) is 0 Å². The number of amides is 1. The highest BCUT2D eigenvalue weighted by atomic mass is 32.1. The molecule has 1 aliphatic rings. The molecular weight excluding hydrogens is 310 g/mol. The zero-order valence-corrected chi connectivity index (χ0v) is 14.2. The van der Waals surface area contributed by atoms with Crippen molar-refractivity contribution in [1.29, 1.82) is 0 Å². The highest BCUT2D eigenvalue weighted by Crippen LogP contribution is 2.20. The molecule has 2 aromatic rings. The zero-order valence-electron chi connectivity index (χ0n) is 13.4. The van der Waals surface area contributed by atoms with Crippen molar-refractivity contribution in [3.05, 3.63) is 40.7 Å². The Kier molecular flexibility index (Phi) is 4.93. The maximum atomic E-state index is 12.0. The Labute approximate surface area is 140 Å². The van der Waals surface area contributed by atoms with Crippen molar-refractivity contribution in [2.75, 3.05) is 23.3 Å². The van der Waals surface area contributed by atoms with Gasteiger partial charge in [0.25, 0.3) is 0 Å². The van der Waals surface area contributed by atoms with E-state index in [0.717, 1.165) is 29.5 Å². The number of thiophene rings is 1. The number of carbonyl (C=O) groups excluding carboxylic acids is 1. The topological polar surface area (TPSA) is 54.5 Å². The highest BCUT2D eigenvalue weighted by molar-refractivity contribution is 7.10. The van der Waals surface area contributed by atoms with E-state index in [1.165, 1.54) is 0 Å². The van der Waals surface area contributed by atoms with Crippen LogP contribution in [-0.2, 0) is 16.0 Å². The van der Waals surface area contributed by atoms with E-state index in [1.54, 1.807) is 17.5 Å². The van der Waals surface area contributed by atoms with Gasteiger partial charge >= 0.3 is 0 Å². The fourth-order valence-electron chi connectivity index (χ4n) is 2.79. The number of ether oxygens (including phenoxy) is 1. The molecule has 0 radical (unpaired) electrons. The molecule has 1 aliphatic heterocycles. The predicted octanol–water partition coefficient (Wildman–Crippen LogP) is 2.94. The lowest BCUT2D eigenvalue weighted by Gasteiger charge is -2.36. The summed E-state index contributed by atoms with van der Waals surface area (Å²) in [6.07, 6.45) is 2.51. The van der Waals surface area contributed by atoms with Gasteiger partial charge in [-0.05, 0) is 37.4 Å². The van der Waals surface area contributed by atoms with Crippen molar-refractivity contribution in [2.24, 2.45) is 0 Å². The quantitative estimate of drug-likeness (QED) is 0.936. The second-order valence-electron chi connectivity index (χ2n) is 5.87. The largest absolute Gasteiger partial charge is 0.372 e. The number of nitrogens with zero attached hydrogens (tertiary/aromatic N) is 2. The smallest absolute Gasteiger partial charge is 0.229 e. The fraction of sp³-hybridized carbons (Fsp3) is 0.412. The molecule has 3 rings (SSSR count). The monoisotopic (exact) mass is 331 g/mol. The number of anilines is 2. The van der Waals surface area contributed by atoms with Crippen LogP contribution in [0.2, 0.25) is 0 Å². The highest BCUT2D eigenvalue weighted by Gasteiger charge is 2.23. The van der Waals surface area contributed by atoms with Gasteiger partial charge in [0.1, 0.15) is 5.82 Å². The Morgan fingerprint density at radius 1 is 1.35 bits per heavy atom. The average molecular weight is 331 g/mol. The van der Waals surface area contributed by atoms with Crippen LogP contribution in [0.5, 0.6) is 0 Å². The minimum absolute atomic E-state index is 0.0179. The lowest BCUT2D eigenvalue weighted by molar-refractivity contribution is -0.115. The van der Waals surface area contributed by atoms with Crippen LogP contribution >= 0.6 is 11.3 Å². The molecule has 3 heterocycles. The van der Waals surface area contributed by atoms with E-state index in [4.69, 9.17) is 4.74 Å². The van der Waals surface area contributed by atoms with Crippen LogP contribution in [0.25, 0.3) is 0 Å². The Balaban J connectivity index is 1.59. The van der Waals surface area contributed by atoms with E-state index in [2.05, 4.69) is 29.0 Å². The van der Waals surface area contributed by atoms with Crippen molar-refractivity contribution in [2.45, 2.75) is 32.5 Å². The molecule has 1 N–H and O–H groups in total. The molecule has 1 fully saturated rings. The number of aromatic nitrogens is 1. The van der Waals surface area contributed by atoms with E-state index in [0.29, 0.717) is 6.42 Å². The predicted molar refractivity (Wildman–Crippen MR) is 93.1 cm³/mol. The van der Waals surface area contributed by atoms with Crippen LogP contribution in [0.1, 0.15) is 18.7 Å². The summed E-state index contributed by atoms with van der Waals surface area (Å²) < 4.78 is 5.74. The number of pyridine rings is 1. The van der Waals surface area contributed by atoms with Crippen molar-refractivity contribution >= 4 is 28.7 Å². The van der Waals surface area contributed by atoms with Crippen molar-refractivity contribution in [3.63, 3.8) is 0 Å². The molecule has 1 amide bonds. The maximum Gasteiger partial charge on any atom is 0.229 e. The third-order valence-electron chi connectivity index (χ3n) is 3.69. The first-order valence-corrected chi connectivity index (χ1v) is 8.67. The van der Waals surface area contributed by atoms with Crippen LogP contribution in [-0.4, -0.2) is 36.2 Å². The van der Waals surface area contributed by atoms with Crippen LogP contribution in [0.3, 0.4) is 0 Å². The standard InChI is InChI=1S/C17H21N3O2S/c1-12-10-20(11-13(2)22-12)16-6-5-14(9-18-16)19-17(21)8-15-4-3-7-23-15/h3-7,9,12-13H,8,10-11H2,1-2H3,(H,19,21)/t12-,13-/m1/s1. The molecular formula is C17H21N3O2S. The molecule has 0 aromatic carbocycles. The number of hydrogen-bond donors (Lipinski definition) is 1. The van der Waals surface area contributed by atoms with E-state index in [9.17, 15) is 4.79 Å². The van der Waals surface area contributed by atoms with Gasteiger partial charge in [-0.3, -0.25) is 4.79 Å². The summed E-state index contributed by atoms with van der Waals surface area (Å²) in [5, 5.41) is 4.87. The molecule has 0 unspecified atom stereocenters. The SMILES string of the molecule is C[C@@H]1CN(c2ccc(NC(=O)Cc3cccs3)cn2)C[C@@H](C)O1. The Hall–Kier alpha value is -1.92. The summed E-state index contributed by atoms with van der Waals surface area (Å²) in [5.74, 6) is 0.902. The van der Waals surface area contributed by atoms with Crippen molar-refractivity contribution in [1.82, 2.24) is 4.98 Å². The first-order chi connectivity index (χ1) is 11.1. The van der Waals surface area contributed by atoms with Gasteiger partial charge in [0.15, 0.2) is 0 Å². The van der Waals surface area contributed by atoms with Gasteiger partial charge < -0.3 is 15.0 Å². The minimum atomic E-state index is -0.0179. The molecule has 23 heavy (non-hydrogen) atoms. The Morgan fingerprint density at radius 2 is 2.13 bits per heavy atom.